The van der Waals surface area contributed by atoms with Gasteiger partial charge in [-0.15, -0.1) is 9.46 Å². The van der Waals surface area contributed by atoms with Crippen LogP contribution in [0.25, 0.3) is 66.3 Å². The van der Waals surface area contributed by atoms with Crippen LogP contribution in [0.15, 0.2) is 167 Å². The van der Waals surface area contributed by atoms with Crippen molar-refractivity contribution in [1.29, 1.82) is 0 Å². The summed E-state index contributed by atoms with van der Waals surface area (Å²) in [6.45, 7) is 0. The summed E-state index contributed by atoms with van der Waals surface area (Å²) < 4.78 is 13.3. The minimum atomic E-state index is -0.177. The molecular formula is C46H38N2O6. The Hall–Kier alpha value is -7.06. The van der Waals surface area contributed by atoms with Gasteiger partial charge in [0, 0.05) is 22.3 Å². The Labute approximate surface area is 312 Å². The molecule has 0 N–H and O–H groups in total. The van der Waals surface area contributed by atoms with Gasteiger partial charge in [0.1, 0.15) is 25.7 Å². The van der Waals surface area contributed by atoms with Crippen LogP contribution in [0.4, 0.5) is 0 Å². The van der Waals surface area contributed by atoms with Crippen molar-refractivity contribution in [2.24, 2.45) is 0 Å². The third-order valence-electron chi connectivity index (χ3n) is 9.32. The molecule has 8 rings (SSSR count). The maximum absolute atomic E-state index is 13.1. The molecule has 0 saturated carbocycles. The molecule has 0 unspecified atom stereocenters. The van der Waals surface area contributed by atoms with E-state index >= 15 is 0 Å². The van der Waals surface area contributed by atoms with Crippen molar-refractivity contribution in [1.82, 2.24) is 9.46 Å². The number of aromatic nitrogens is 2. The number of rotatable bonds is 8. The molecule has 2 heterocycles. The third kappa shape index (κ3) is 6.57. The summed E-state index contributed by atoms with van der Waals surface area (Å²) in [5.41, 5.74) is 6.78. The zero-order chi connectivity index (χ0) is 37.6. The van der Waals surface area contributed by atoms with E-state index in [0.29, 0.717) is 10.8 Å². The summed E-state index contributed by atoms with van der Waals surface area (Å²) in [6, 6.07) is 50.5. The van der Waals surface area contributed by atoms with Gasteiger partial charge in [0.15, 0.2) is 0 Å². The summed E-state index contributed by atoms with van der Waals surface area (Å²) >= 11 is 0. The second-order valence-electron chi connectivity index (χ2n) is 12.3. The molecule has 0 radical (unpaired) electrons. The lowest BCUT2D eigenvalue weighted by molar-refractivity contribution is 0.163. The SMILES string of the molecule is COc1ccc(-c2c(-c3ccccc3)n(OC)c(=O)c3ccccc23)cc1.COc1ccc(-c2c(-c3ccccc3)n(OC)c(=O)c3ccccc23)cc1. The fraction of sp³-hybridized carbons (Fsp3) is 0.0870. The molecule has 0 spiro atoms. The van der Waals surface area contributed by atoms with Crippen LogP contribution in [-0.4, -0.2) is 37.9 Å². The van der Waals surface area contributed by atoms with Crippen LogP contribution in [-0.2, 0) is 0 Å². The molecule has 0 aliphatic rings. The number of methoxy groups -OCH3 is 2. The number of fused-ring (bicyclic) bond motifs is 2. The van der Waals surface area contributed by atoms with Gasteiger partial charge in [-0.1, -0.05) is 121 Å². The van der Waals surface area contributed by atoms with E-state index in [1.165, 1.54) is 23.7 Å². The van der Waals surface area contributed by atoms with Gasteiger partial charge in [0.05, 0.1) is 36.4 Å². The lowest BCUT2D eigenvalue weighted by Gasteiger charge is -2.19. The summed E-state index contributed by atoms with van der Waals surface area (Å²) in [4.78, 5) is 37.2. The fourth-order valence-electron chi connectivity index (χ4n) is 6.82. The van der Waals surface area contributed by atoms with Crippen molar-refractivity contribution >= 4 is 21.5 Å². The summed E-state index contributed by atoms with van der Waals surface area (Å²) in [7, 11) is 6.32. The van der Waals surface area contributed by atoms with Crippen LogP contribution < -0.4 is 30.3 Å². The second-order valence-corrected chi connectivity index (χ2v) is 12.3. The van der Waals surface area contributed by atoms with Gasteiger partial charge in [-0.25, -0.2) is 0 Å². The van der Waals surface area contributed by atoms with Crippen LogP contribution >= 0.6 is 0 Å². The Balaban J connectivity index is 0.000000167. The predicted molar refractivity (Wildman–Crippen MR) is 216 cm³/mol. The number of hydrogen-bond acceptors (Lipinski definition) is 6. The fourth-order valence-corrected chi connectivity index (χ4v) is 6.82. The first-order valence-electron chi connectivity index (χ1n) is 17.3. The molecule has 0 saturated heterocycles. The minimum absolute atomic E-state index is 0.177. The van der Waals surface area contributed by atoms with E-state index in [-0.39, 0.29) is 11.1 Å². The van der Waals surface area contributed by atoms with Crippen molar-refractivity contribution < 1.29 is 19.1 Å². The quantitative estimate of drug-likeness (QED) is 0.157. The van der Waals surface area contributed by atoms with E-state index in [1.54, 1.807) is 14.2 Å². The predicted octanol–water partition coefficient (Wildman–Crippen LogP) is 8.81. The van der Waals surface area contributed by atoms with Crippen molar-refractivity contribution in [3.8, 4) is 56.3 Å². The molecular weight excluding hydrogens is 677 g/mol. The van der Waals surface area contributed by atoms with Gasteiger partial charge in [0.2, 0.25) is 0 Å². The summed E-state index contributed by atoms with van der Waals surface area (Å²) in [5, 5.41) is 3.01. The molecule has 8 aromatic rings. The van der Waals surface area contributed by atoms with E-state index in [4.69, 9.17) is 19.1 Å². The van der Waals surface area contributed by atoms with E-state index in [9.17, 15) is 9.59 Å². The third-order valence-corrected chi connectivity index (χ3v) is 9.32. The highest BCUT2D eigenvalue weighted by atomic mass is 16.7. The molecule has 0 amide bonds. The number of pyridine rings is 2. The number of ether oxygens (including phenoxy) is 2. The number of nitrogens with zero attached hydrogens (tertiary/aromatic N) is 2. The molecule has 0 aliphatic heterocycles. The average molecular weight is 715 g/mol. The number of hydrogen-bond donors (Lipinski definition) is 0. The van der Waals surface area contributed by atoms with Crippen molar-refractivity contribution in [2.75, 3.05) is 28.4 Å². The topological polar surface area (TPSA) is 80.9 Å². The second kappa shape index (κ2) is 15.7. The molecule has 8 nitrogen and oxygen atoms in total. The Bertz CT molecular complexity index is 2480. The van der Waals surface area contributed by atoms with Gasteiger partial charge in [-0.2, -0.15) is 0 Å². The van der Waals surface area contributed by atoms with Gasteiger partial charge in [-0.3, -0.25) is 9.59 Å². The van der Waals surface area contributed by atoms with Crippen LogP contribution in [0.2, 0.25) is 0 Å². The highest BCUT2D eigenvalue weighted by Gasteiger charge is 2.21. The first-order valence-corrected chi connectivity index (χ1v) is 17.3. The molecule has 0 bridgehead atoms. The molecule has 54 heavy (non-hydrogen) atoms. The maximum Gasteiger partial charge on any atom is 0.291 e. The van der Waals surface area contributed by atoms with E-state index in [0.717, 1.165) is 67.0 Å². The Morgan fingerprint density at radius 2 is 0.667 bits per heavy atom. The molecule has 2 aromatic heterocycles. The van der Waals surface area contributed by atoms with Crippen LogP contribution in [0.5, 0.6) is 11.5 Å². The van der Waals surface area contributed by atoms with Crippen LogP contribution in [0, 0.1) is 0 Å². The van der Waals surface area contributed by atoms with Crippen LogP contribution in [0.1, 0.15) is 0 Å². The Kier molecular flexibility index (Phi) is 10.3. The zero-order valence-electron chi connectivity index (χ0n) is 30.4. The molecule has 0 fully saturated rings. The smallest absolute Gasteiger partial charge is 0.291 e. The molecule has 0 atom stereocenters. The lowest BCUT2D eigenvalue weighted by Crippen LogP contribution is -2.27. The Morgan fingerprint density at radius 1 is 0.352 bits per heavy atom. The molecule has 0 aliphatic carbocycles. The highest BCUT2D eigenvalue weighted by molar-refractivity contribution is 6.03. The Morgan fingerprint density at radius 3 is 0.981 bits per heavy atom. The summed E-state index contributed by atoms with van der Waals surface area (Å²) in [6.07, 6.45) is 0. The minimum Gasteiger partial charge on any atom is -0.497 e. The standard InChI is InChI=1S/2C23H19NO3/c2*1-26-18-14-12-16(13-15-18)21-19-10-6-7-11-20(19)23(25)24(27-2)22(21)17-8-4-3-5-9-17/h2*3-15H,1-2H3. The molecule has 8 heteroatoms. The summed E-state index contributed by atoms with van der Waals surface area (Å²) in [5.74, 6) is 1.56. The monoisotopic (exact) mass is 714 g/mol. The zero-order valence-corrected chi connectivity index (χ0v) is 30.4. The lowest BCUT2D eigenvalue weighted by atomic mass is 9.94. The van der Waals surface area contributed by atoms with Gasteiger partial charge in [0.25, 0.3) is 11.1 Å². The molecule has 6 aromatic carbocycles. The van der Waals surface area contributed by atoms with Crippen molar-refractivity contribution in [2.45, 2.75) is 0 Å². The van der Waals surface area contributed by atoms with Gasteiger partial charge < -0.3 is 19.1 Å². The van der Waals surface area contributed by atoms with E-state index in [2.05, 4.69) is 0 Å². The first-order chi connectivity index (χ1) is 26.5. The van der Waals surface area contributed by atoms with E-state index < -0.39 is 0 Å². The van der Waals surface area contributed by atoms with Crippen LogP contribution in [0.3, 0.4) is 0 Å². The van der Waals surface area contributed by atoms with Gasteiger partial charge in [-0.05, 0) is 58.3 Å². The van der Waals surface area contributed by atoms with Gasteiger partial charge >= 0.3 is 0 Å². The van der Waals surface area contributed by atoms with E-state index in [1.807, 2.05) is 158 Å². The largest absolute Gasteiger partial charge is 0.497 e. The average Bonchev–Trinajstić information content (AvgIpc) is 3.24. The maximum atomic E-state index is 13.1. The normalized spacial score (nSPS) is 10.7. The van der Waals surface area contributed by atoms with Crippen molar-refractivity contribution in [3.05, 3.63) is 178 Å². The molecule has 268 valence electrons. The number of benzene rings is 6. The highest BCUT2D eigenvalue weighted by Crippen LogP contribution is 2.38. The first kappa shape index (κ1) is 35.3. The van der Waals surface area contributed by atoms with Crippen molar-refractivity contribution in [3.63, 3.8) is 0 Å².